The molecule has 2 atom stereocenters. The Morgan fingerprint density at radius 1 is 0.935 bits per heavy atom. The first-order chi connectivity index (χ1) is 14.6. The molecule has 0 fully saturated rings. The van der Waals surface area contributed by atoms with E-state index >= 15 is 0 Å². The molecule has 0 aliphatic carbocycles. The minimum absolute atomic E-state index is 0.146. The lowest BCUT2D eigenvalue weighted by Crippen LogP contribution is -2.47. The number of hydrogen-bond donors (Lipinski definition) is 2. The molecule has 0 aromatic heterocycles. The number of halogens is 1. The van der Waals surface area contributed by atoms with Gasteiger partial charge in [0.05, 0.1) is 0 Å². The van der Waals surface area contributed by atoms with Gasteiger partial charge in [-0.1, -0.05) is 26.0 Å². The van der Waals surface area contributed by atoms with Crippen LogP contribution in [0.25, 0.3) is 0 Å². The molecule has 0 saturated heterocycles. The lowest BCUT2D eigenvalue weighted by molar-refractivity contribution is -0.156. The summed E-state index contributed by atoms with van der Waals surface area (Å²) in [6.45, 7) is 6.25. The van der Waals surface area contributed by atoms with Crippen molar-refractivity contribution in [2.24, 2.45) is 5.92 Å². The highest BCUT2D eigenvalue weighted by Crippen LogP contribution is 2.13. The fourth-order valence-corrected chi connectivity index (χ4v) is 2.68. The Balaban J connectivity index is 2.01. The van der Waals surface area contributed by atoms with Gasteiger partial charge in [0.2, 0.25) is 0 Å². The van der Waals surface area contributed by atoms with E-state index in [4.69, 9.17) is 4.74 Å². The van der Waals surface area contributed by atoms with Crippen LogP contribution in [0.5, 0.6) is 0 Å². The lowest BCUT2D eigenvalue weighted by Gasteiger charge is -2.23. The lowest BCUT2D eigenvalue weighted by atomic mass is 10.0. The SMILES string of the molecule is CC(=O)c1cccc(NC(=O)C(C)OC(=O)[C@@H](NC(=O)c2ccc(F)cc2)C(C)C)c1. The summed E-state index contributed by atoms with van der Waals surface area (Å²) in [4.78, 5) is 48.8. The van der Waals surface area contributed by atoms with E-state index in [9.17, 15) is 23.6 Å². The number of benzene rings is 2. The Morgan fingerprint density at radius 3 is 2.16 bits per heavy atom. The largest absolute Gasteiger partial charge is 0.451 e. The molecule has 1 unspecified atom stereocenters. The van der Waals surface area contributed by atoms with Gasteiger partial charge in [-0.15, -0.1) is 0 Å². The van der Waals surface area contributed by atoms with Crippen molar-refractivity contribution >= 4 is 29.3 Å². The number of esters is 1. The fourth-order valence-electron chi connectivity index (χ4n) is 2.68. The molecule has 0 spiro atoms. The van der Waals surface area contributed by atoms with Crippen LogP contribution in [0.15, 0.2) is 48.5 Å². The van der Waals surface area contributed by atoms with Crippen molar-refractivity contribution in [3.63, 3.8) is 0 Å². The minimum atomic E-state index is -1.14. The molecule has 0 aliphatic rings. The number of nitrogens with one attached hydrogen (secondary N) is 2. The van der Waals surface area contributed by atoms with Crippen molar-refractivity contribution in [1.29, 1.82) is 0 Å². The van der Waals surface area contributed by atoms with Gasteiger partial charge in [0, 0.05) is 16.8 Å². The molecule has 2 rings (SSSR count). The number of amides is 2. The predicted molar refractivity (Wildman–Crippen MR) is 113 cm³/mol. The number of ketones is 1. The van der Waals surface area contributed by atoms with Crippen molar-refractivity contribution in [2.75, 3.05) is 5.32 Å². The molecule has 8 heteroatoms. The highest BCUT2D eigenvalue weighted by atomic mass is 19.1. The third kappa shape index (κ3) is 6.74. The van der Waals surface area contributed by atoms with Crippen molar-refractivity contribution in [3.8, 4) is 0 Å². The molecular weight excluding hydrogens is 403 g/mol. The average molecular weight is 428 g/mol. The Kier molecular flexibility index (Phi) is 8.01. The zero-order valence-corrected chi connectivity index (χ0v) is 17.8. The number of rotatable bonds is 8. The molecule has 31 heavy (non-hydrogen) atoms. The van der Waals surface area contributed by atoms with Crippen LogP contribution in [0.2, 0.25) is 0 Å². The van der Waals surface area contributed by atoms with Crippen LogP contribution in [0.1, 0.15) is 48.4 Å². The number of ether oxygens (including phenoxy) is 1. The first kappa shape index (κ1) is 23.7. The maximum absolute atomic E-state index is 13.0. The standard InChI is InChI=1S/C23H25FN2O5/c1-13(2)20(26-22(29)16-8-10-18(24)11-9-16)23(30)31-15(4)21(28)25-19-7-5-6-17(12-19)14(3)27/h5-13,15,20H,1-4H3,(H,25,28)(H,26,29)/t15?,20-/m0/s1. The number of Topliss-reactive ketones (excluding diaryl/α,β-unsaturated/α-hetero) is 1. The Labute approximate surface area is 180 Å². The fraction of sp³-hybridized carbons (Fsp3) is 0.304. The molecule has 0 aliphatic heterocycles. The summed E-state index contributed by atoms with van der Waals surface area (Å²) in [5, 5.41) is 5.15. The number of carbonyl (C=O) groups excluding carboxylic acids is 4. The second-order valence-electron chi connectivity index (χ2n) is 7.41. The quantitative estimate of drug-likeness (QED) is 0.496. The van der Waals surface area contributed by atoms with E-state index in [0.717, 1.165) is 12.1 Å². The normalized spacial score (nSPS) is 12.6. The number of carbonyl (C=O) groups is 4. The number of hydrogen-bond acceptors (Lipinski definition) is 5. The first-order valence-corrected chi connectivity index (χ1v) is 9.77. The van der Waals surface area contributed by atoms with Gasteiger partial charge in [-0.2, -0.15) is 0 Å². The molecule has 2 aromatic carbocycles. The van der Waals surface area contributed by atoms with Crippen LogP contribution >= 0.6 is 0 Å². The van der Waals surface area contributed by atoms with E-state index in [0.29, 0.717) is 11.3 Å². The average Bonchev–Trinajstić information content (AvgIpc) is 2.72. The third-order valence-corrected chi connectivity index (χ3v) is 4.51. The summed E-state index contributed by atoms with van der Waals surface area (Å²) in [6, 6.07) is 10.3. The number of anilines is 1. The molecule has 2 aromatic rings. The van der Waals surface area contributed by atoms with Gasteiger partial charge in [0.1, 0.15) is 11.9 Å². The summed E-state index contributed by atoms with van der Waals surface area (Å²) in [6.07, 6.45) is -1.14. The third-order valence-electron chi connectivity index (χ3n) is 4.51. The second kappa shape index (κ2) is 10.5. The molecule has 0 heterocycles. The summed E-state index contributed by atoms with van der Waals surface area (Å²) in [7, 11) is 0. The Bertz CT molecular complexity index is 972. The molecule has 2 N–H and O–H groups in total. The van der Waals surface area contributed by atoms with Crippen molar-refractivity contribution in [2.45, 2.75) is 39.8 Å². The Hall–Kier alpha value is -3.55. The van der Waals surface area contributed by atoms with Gasteiger partial charge in [-0.05, 0) is 56.2 Å². The van der Waals surface area contributed by atoms with Crippen molar-refractivity contribution < 1.29 is 28.3 Å². The van der Waals surface area contributed by atoms with Crippen LogP contribution in [0.4, 0.5) is 10.1 Å². The summed E-state index contributed by atoms with van der Waals surface area (Å²) < 4.78 is 18.3. The highest BCUT2D eigenvalue weighted by Gasteiger charge is 2.29. The van der Waals surface area contributed by atoms with E-state index in [2.05, 4.69) is 10.6 Å². The topological polar surface area (TPSA) is 102 Å². The molecule has 7 nitrogen and oxygen atoms in total. The van der Waals surface area contributed by atoms with Crippen molar-refractivity contribution in [3.05, 3.63) is 65.5 Å². The van der Waals surface area contributed by atoms with Crippen LogP contribution < -0.4 is 10.6 Å². The second-order valence-corrected chi connectivity index (χ2v) is 7.41. The highest BCUT2D eigenvalue weighted by molar-refractivity contribution is 5.99. The van der Waals surface area contributed by atoms with Crippen LogP contribution in [-0.2, 0) is 14.3 Å². The van der Waals surface area contributed by atoms with Gasteiger partial charge in [0.25, 0.3) is 11.8 Å². The van der Waals surface area contributed by atoms with Gasteiger partial charge in [0.15, 0.2) is 11.9 Å². The molecule has 0 saturated carbocycles. The van der Waals surface area contributed by atoms with Gasteiger partial charge < -0.3 is 15.4 Å². The van der Waals surface area contributed by atoms with Crippen LogP contribution in [0, 0.1) is 11.7 Å². The zero-order valence-electron chi connectivity index (χ0n) is 17.8. The van der Waals surface area contributed by atoms with E-state index in [1.54, 1.807) is 32.0 Å². The molecule has 0 radical (unpaired) electrons. The van der Waals surface area contributed by atoms with Crippen molar-refractivity contribution in [1.82, 2.24) is 5.32 Å². The van der Waals surface area contributed by atoms with Gasteiger partial charge in [-0.25, -0.2) is 9.18 Å². The summed E-state index contributed by atoms with van der Waals surface area (Å²) >= 11 is 0. The Morgan fingerprint density at radius 2 is 1.58 bits per heavy atom. The molecule has 2 amide bonds. The van der Waals surface area contributed by atoms with Crippen LogP contribution in [-0.4, -0.2) is 35.7 Å². The van der Waals surface area contributed by atoms with Gasteiger partial charge >= 0.3 is 5.97 Å². The maximum Gasteiger partial charge on any atom is 0.329 e. The predicted octanol–water partition coefficient (Wildman–Crippen LogP) is 3.35. The molecule has 0 bridgehead atoms. The molecule has 164 valence electrons. The van der Waals surface area contributed by atoms with E-state index in [-0.39, 0.29) is 17.3 Å². The van der Waals surface area contributed by atoms with E-state index in [1.807, 2.05) is 0 Å². The summed E-state index contributed by atoms with van der Waals surface area (Å²) in [5.41, 5.74) is 1.02. The van der Waals surface area contributed by atoms with E-state index in [1.165, 1.54) is 32.0 Å². The molecular formula is C23H25FN2O5. The maximum atomic E-state index is 13.0. The monoisotopic (exact) mass is 428 g/mol. The minimum Gasteiger partial charge on any atom is -0.451 e. The summed E-state index contributed by atoms with van der Waals surface area (Å²) in [5.74, 6) is -2.86. The first-order valence-electron chi connectivity index (χ1n) is 9.77. The van der Waals surface area contributed by atoms with E-state index < -0.39 is 35.7 Å². The van der Waals surface area contributed by atoms with Gasteiger partial charge in [-0.3, -0.25) is 14.4 Å². The van der Waals surface area contributed by atoms with Crippen LogP contribution in [0.3, 0.4) is 0 Å². The smallest absolute Gasteiger partial charge is 0.329 e. The zero-order chi connectivity index (χ0) is 23.1.